The molecule has 4 aromatic rings. The number of fused-ring (bicyclic) bond motifs is 4. The summed E-state index contributed by atoms with van der Waals surface area (Å²) in [5.74, 6) is 0. The van der Waals surface area contributed by atoms with E-state index in [4.69, 9.17) is 0 Å². The van der Waals surface area contributed by atoms with E-state index in [0.29, 0.717) is 11.9 Å². The van der Waals surface area contributed by atoms with Crippen LogP contribution in [0.5, 0.6) is 0 Å². The van der Waals surface area contributed by atoms with Gasteiger partial charge in [0.15, 0.2) is 0 Å². The van der Waals surface area contributed by atoms with Gasteiger partial charge in [-0.2, -0.15) is 0 Å². The van der Waals surface area contributed by atoms with Crippen LogP contribution in [0.1, 0.15) is 156 Å². The molecule has 2 aliphatic heterocycles. The van der Waals surface area contributed by atoms with Crippen molar-refractivity contribution >= 4 is 46.5 Å². The van der Waals surface area contributed by atoms with Crippen LogP contribution in [0.3, 0.4) is 0 Å². The molecule has 2 heterocycles. The van der Waals surface area contributed by atoms with Gasteiger partial charge in [0, 0.05) is 22.1 Å². The zero-order valence-corrected chi connectivity index (χ0v) is 37.7. The monoisotopic (exact) mass is 760 g/mol. The van der Waals surface area contributed by atoms with Crippen LogP contribution in [0.4, 0.5) is 17.1 Å². The maximum Gasteiger partial charge on any atom is 0.228 e. The first-order chi connectivity index (χ1) is 26.1. The predicted octanol–water partition coefficient (Wildman–Crippen LogP) is 13.9. The number of benzene rings is 4. The second kappa shape index (κ2) is 12.4. The number of allylic oxidation sites excluding steroid dienone is 2. The van der Waals surface area contributed by atoms with Crippen molar-refractivity contribution < 1.29 is 0 Å². The lowest BCUT2D eigenvalue weighted by Crippen LogP contribution is -2.56. The highest BCUT2D eigenvalue weighted by atomic mass is 32.2. The number of nitrogens with zero attached hydrogens (tertiary/aromatic N) is 1. The van der Waals surface area contributed by atoms with Crippen molar-refractivity contribution in [2.75, 3.05) is 4.90 Å². The van der Waals surface area contributed by atoms with Crippen molar-refractivity contribution in [3.63, 3.8) is 0 Å². The summed E-state index contributed by atoms with van der Waals surface area (Å²) in [5.41, 5.74) is 20.0. The van der Waals surface area contributed by atoms with E-state index in [9.17, 15) is 0 Å². The van der Waals surface area contributed by atoms with Gasteiger partial charge in [-0.05, 0) is 158 Å². The molecule has 0 saturated heterocycles. The number of thioether (sulfide) groups is 1. The van der Waals surface area contributed by atoms with Crippen LogP contribution < -0.4 is 15.8 Å². The van der Waals surface area contributed by atoms with Gasteiger partial charge in [0.05, 0.1) is 5.69 Å². The van der Waals surface area contributed by atoms with E-state index in [0.717, 1.165) is 0 Å². The molecule has 1 atom stereocenters. The molecular weight excluding hydrogens is 693 g/mol. The topological polar surface area (TPSA) is 3.24 Å². The Morgan fingerprint density at radius 1 is 0.518 bits per heavy atom. The van der Waals surface area contributed by atoms with E-state index in [-0.39, 0.29) is 32.5 Å². The molecule has 0 bridgehead atoms. The summed E-state index contributed by atoms with van der Waals surface area (Å²) in [4.78, 5) is 4.45. The SMILES string of the molecule is Cc1ccc2c(c1)N(c1cc3c(cc1-c1ccccc1)C(C)(C)CCC3(C)C)c1cc3c(cc1B2C1CC2=C(S1)C(C)(C)CCC2(C)C)C(C)(C)CCC3(C)C. The van der Waals surface area contributed by atoms with Crippen LogP contribution in [-0.4, -0.2) is 11.9 Å². The minimum absolute atomic E-state index is 0.0953. The van der Waals surface area contributed by atoms with Crippen LogP contribution >= 0.6 is 11.8 Å². The summed E-state index contributed by atoms with van der Waals surface area (Å²) >= 11 is 2.26. The number of rotatable bonds is 3. The van der Waals surface area contributed by atoms with E-state index >= 15 is 0 Å². The lowest BCUT2D eigenvalue weighted by Gasteiger charge is -2.47. The molecule has 0 spiro atoms. The van der Waals surface area contributed by atoms with Crippen LogP contribution in [0.2, 0.25) is 0 Å². The van der Waals surface area contributed by atoms with Crippen molar-refractivity contribution in [2.24, 2.45) is 10.8 Å². The Kier molecular flexibility index (Phi) is 8.51. The van der Waals surface area contributed by atoms with Gasteiger partial charge in [-0.25, -0.2) is 0 Å². The van der Waals surface area contributed by atoms with Gasteiger partial charge in [0.1, 0.15) is 0 Å². The molecule has 0 saturated carbocycles. The van der Waals surface area contributed by atoms with Crippen LogP contribution in [0, 0.1) is 17.8 Å². The van der Waals surface area contributed by atoms with Gasteiger partial charge in [0.2, 0.25) is 6.71 Å². The highest BCUT2D eigenvalue weighted by Gasteiger charge is 2.51. The lowest BCUT2D eigenvalue weighted by molar-refractivity contribution is 0.272. The van der Waals surface area contributed by atoms with E-state index in [1.54, 1.807) is 21.6 Å². The zero-order valence-electron chi connectivity index (χ0n) is 36.9. The van der Waals surface area contributed by atoms with E-state index in [1.807, 2.05) is 0 Å². The van der Waals surface area contributed by atoms with Crippen LogP contribution in [-0.2, 0) is 21.7 Å². The molecule has 5 aliphatic rings. The highest BCUT2D eigenvalue weighted by Crippen LogP contribution is 2.61. The Balaban J connectivity index is 1.36. The Morgan fingerprint density at radius 2 is 1.02 bits per heavy atom. The Bertz CT molecular complexity index is 2270. The summed E-state index contributed by atoms with van der Waals surface area (Å²) in [6.07, 6.45) is 8.57. The largest absolute Gasteiger partial charge is 0.311 e. The van der Waals surface area contributed by atoms with Gasteiger partial charge in [-0.1, -0.05) is 137 Å². The van der Waals surface area contributed by atoms with Gasteiger partial charge in [0.25, 0.3) is 0 Å². The number of hydrogen-bond donors (Lipinski definition) is 0. The molecule has 3 heteroatoms. The summed E-state index contributed by atoms with van der Waals surface area (Å²) in [7, 11) is 0. The van der Waals surface area contributed by atoms with Crippen molar-refractivity contribution in [1.82, 2.24) is 0 Å². The maximum atomic E-state index is 2.76. The average Bonchev–Trinajstić information content (AvgIpc) is 3.61. The van der Waals surface area contributed by atoms with Crippen LogP contribution in [0.15, 0.2) is 83.3 Å². The van der Waals surface area contributed by atoms with Gasteiger partial charge in [-0.15, -0.1) is 11.8 Å². The average molecular weight is 760 g/mol. The molecule has 0 amide bonds. The predicted molar refractivity (Wildman–Crippen MR) is 247 cm³/mol. The van der Waals surface area contributed by atoms with E-state index < -0.39 is 0 Å². The normalized spacial score (nSPS) is 24.5. The number of aryl methyl sites for hydroxylation is 1. The fourth-order valence-electron chi connectivity index (χ4n) is 11.6. The Hall–Kier alpha value is -3.17. The first-order valence-electron chi connectivity index (χ1n) is 21.9. The number of anilines is 3. The smallest absolute Gasteiger partial charge is 0.228 e. The summed E-state index contributed by atoms with van der Waals surface area (Å²) in [6, 6.07) is 29.5. The van der Waals surface area contributed by atoms with Crippen molar-refractivity contribution in [2.45, 2.75) is 162 Å². The van der Waals surface area contributed by atoms with Gasteiger partial charge in [-0.3, -0.25) is 0 Å². The molecule has 1 nitrogen and oxygen atoms in total. The summed E-state index contributed by atoms with van der Waals surface area (Å²) in [6.45, 7) is 32.6. The molecule has 0 N–H and O–H groups in total. The maximum absolute atomic E-state index is 2.76. The fourth-order valence-corrected chi connectivity index (χ4v) is 13.5. The number of hydrogen-bond acceptors (Lipinski definition) is 2. The fraction of sp³-hybridized carbons (Fsp3) is 0.509. The third-order valence-electron chi connectivity index (χ3n) is 15.8. The molecule has 1 unspecified atom stereocenters. The molecule has 9 rings (SSSR count). The quantitative estimate of drug-likeness (QED) is 0.191. The molecule has 292 valence electrons. The Morgan fingerprint density at radius 3 is 1.61 bits per heavy atom. The molecule has 0 radical (unpaired) electrons. The first kappa shape index (κ1) is 38.4. The second-order valence-electron chi connectivity index (χ2n) is 22.6. The molecule has 0 aromatic heterocycles. The molecular formula is C53H66BNS. The first-order valence-corrected chi connectivity index (χ1v) is 22.7. The van der Waals surface area contributed by atoms with Gasteiger partial charge >= 0.3 is 0 Å². The molecule has 0 fully saturated rings. The minimum atomic E-state index is 0.0953. The molecule has 4 aromatic carbocycles. The van der Waals surface area contributed by atoms with Crippen molar-refractivity contribution in [3.05, 3.63) is 111 Å². The molecule has 3 aliphatic carbocycles. The van der Waals surface area contributed by atoms with Crippen molar-refractivity contribution in [1.29, 1.82) is 0 Å². The molecule has 56 heavy (non-hydrogen) atoms. The second-order valence-corrected chi connectivity index (χ2v) is 23.8. The van der Waals surface area contributed by atoms with Gasteiger partial charge < -0.3 is 4.90 Å². The van der Waals surface area contributed by atoms with E-state index in [1.165, 1.54) is 101 Å². The standard InChI is InChI=1S/C53H66BNS/c1-33-19-20-41-44(27-33)55(43-30-38-36(48(2,3)21-23-50(38,6)7)28-35(43)34-17-15-14-16-18-34)45-31-39-37(49(4,5)22-24-51(39,8)9)29-42(45)54(41)46-32-40-47(56-46)53(12,13)26-25-52(40,10)11/h14-20,27-31,46H,21-26,32H2,1-13H3. The van der Waals surface area contributed by atoms with E-state index in [2.05, 4.69) is 179 Å². The zero-order chi connectivity index (χ0) is 40.0. The highest BCUT2D eigenvalue weighted by molar-refractivity contribution is 8.05. The lowest BCUT2D eigenvalue weighted by atomic mass is 9.35. The van der Waals surface area contributed by atoms with Crippen molar-refractivity contribution in [3.8, 4) is 11.1 Å². The third-order valence-corrected chi connectivity index (χ3v) is 17.5. The summed E-state index contributed by atoms with van der Waals surface area (Å²) in [5, 5.41) is 0.466. The summed E-state index contributed by atoms with van der Waals surface area (Å²) < 4.78 is 0. The Labute approximate surface area is 344 Å². The third kappa shape index (κ3) is 5.86. The minimum Gasteiger partial charge on any atom is -0.311 e. The van der Waals surface area contributed by atoms with Crippen LogP contribution in [0.25, 0.3) is 11.1 Å².